The summed E-state index contributed by atoms with van der Waals surface area (Å²) < 4.78 is 13.6. The summed E-state index contributed by atoms with van der Waals surface area (Å²) >= 11 is 0. The van der Waals surface area contributed by atoms with E-state index in [1.165, 1.54) is 6.07 Å². The van der Waals surface area contributed by atoms with Crippen LogP contribution in [0.4, 0.5) is 15.8 Å². The molecule has 0 aliphatic rings. The fraction of sp³-hybridized carbons (Fsp3) is 0.133. The van der Waals surface area contributed by atoms with Gasteiger partial charge in [-0.3, -0.25) is 0 Å². The third-order valence-electron chi connectivity index (χ3n) is 2.99. The van der Waals surface area contributed by atoms with E-state index >= 15 is 0 Å². The Morgan fingerprint density at radius 3 is 2.37 bits per heavy atom. The summed E-state index contributed by atoms with van der Waals surface area (Å²) in [5.41, 5.74) is 1.93. The van der Waals surface area contributed by atoms with Crippen LogP contribution in [-0.2, 0) is 0 Å². The van der Waals surface area contributed by atoms with Crippen LogP contribution in [0.5, 0.6) is 0 Å². The molecule has 0 aliphatic carbocycles. The van der Waals surface area contributed by atoms with E-state index in [1.807, 2.05) is 31.2 Å². The SMILES string of the molecule is Cc1ccc(N(C)c2cccc(F)c2C(=O)O)cc1. The molecule has 0 aromatic heterocycles. The molecular weight excluding hydrogens is 245 g/mol. The molecule has 0 saturated heterocycles. The maximum absolute atomic E-state index is 13.6. The minimum absolute atomic E-state index is 0.314. The lowest BCUT2D eigenvalue weighted by molar-refractivity contribution is 0.0693. The molecule has 0 fully saturated rings. The quantitative estimate of drug-likeness (QED) is 0.915. The van der Waals surface area contributed by atoms with Crippen LogP contribution in [-0.4, -0.2) is 18.1 Å². The second-order valence-electron chi connectivity index (χ2n) is 4.33. The Morgan fingerprint density at radius 2 is 1.79 bits per heavy atom. The van der Waals surface area contributed by atoms with Gasteiger partial charge in [-0.15, -0.1) is 0 Å². The van der Waals surface area contributed by atoms with E-state index in [-0.39, 0.29) is 5.56 Å². The van der Waals surface area contributed by atoms with Crippen molar-refractivity contribution in [2.45, 2.75) is 6.92 Å². The molecule has 98 valence electrons. The molecular formula is C15H14FNO2. The van der Waals surface area contributed by atoms with Gasteiger partial charge in [0.1, 0.15) is 11.4 Å². The number of halogens is 1. The van der Waals surface area contributed by atoms with Gasteiger partial charge in [0.25, 0.3) is 0 Å². The second-order valence-corrected chi connectivity index (χ2v) is 4.33. The topological polar surface area (TPSA) is 40.5 Å². The van der Waals surface area contributed by atoms with Crippen molar-refractivity contribution in [3.8, 4) is 0 Å². The van der Waals surface area contributed by atoms with E-state index in [0.29, 0.717) is 5.69 Å². The largest absolute Gasteiger partial charge is 0.478 e. The number of anilines is 2. The maximum atomic E-state index is 13.6. The number of aryl methyl sites for hydroxylation is 1. The van der Waals surface area contributed by atoms with Crippen molar-refractivity contribution in [2.75, 3.05) is 11.9 Å². The molecule has 0 bridgehead atoms. The molecule has 2 aromatic carbocycles. The highest BCUT2D eigenvalue weighted by Gasteiger charge is 2.18. The van der Waals surface area contributed by atoms with E-state index < -0.39 is 11.8 Å². The van der Waals surface area contributed by atoms with Gasteiger partial charge >= 0.3 is 5.97 Å². The minimum Gasteiger partial charge on any atom is -0.478 e. The lowest BCUT2D eigenvalue weighted by Gasteiger charge is -2.21. The van der Waals surface area contributed by atoms with Crippen LogP contribution in [0.25, 0.3) is 0 Å². The summed E-state index contributed by atoms with van der Waals surface area (Å²) in [6.45, 7) is 1.97. The number of hydrogen-bond donors (Lipinski definition) is 1. The van der Waals surface area contributed by atoms with E-state index in [4.69, 9.17) is 5.11 Å². The molecule has 19 heavy (non-hydrogen) atoms. The Labute approximate surface area is 110 Å². The van der Waals surface area contributed by atoms with Crippen LogP contribution in [0.2, 0.25) is 0 Å². The van der Waals surface area contributed by atoms with Crippen molar-refractivity contribution in [3.63, 3.8) is 0 Å². The van der Waals surface area contributed by atoms with Crippen molar-refractivity contribution in [1.29, 1.82) is 0 Å². The second kappa shape index (κ2) is 5.10. The number of nitrogens with zero attached hydrogens (tertiary/aromatic N) is 1. The summed E-state index contributed by atoms with van der Waals surface area (Å²) in [5, 5.41) is 9.12. The van der Waals surface area contributed by atoms with E-state index in [1.54, 1.807) is 18.0 Å². The fourth-order valence-electron chi connectivity index (χ4n) is 1.91. The summed E-state index contributed by atoms with van der Waals surface area (Å²) in [4.78, 5) is 12.8. The highest BCUT2D eigenvalue weighted by atomic mass is 19.1. The van der Waals surface area contributed by atoms with Gasteiger partial charge in [0.2, 0.25) is 0 Å². The molecule has 0 aliphatic heterocycles. The molecule has 0 unspecified atom stereocenters. The molecule has 0 radical (unpaired) electrons. The number of carbonyl (C=O) groups is 1. The first kappa shape index (κ1) is 13.1. The van der Waals surface area contributed by atoms with Crippen molar-refractivity contribution in [2.24, 2.45) is 0 Å². The zero-order chi connectivity index (χ0) is 14.0. The van der Waals surface area contributed by atoms with Gasteiger partial charge in [-0.2, -0.15) is 0 Å². The monoisotopic (exact) mass is 259 g/mol. The van der Waals surface area contributed by atoms with Crippen LogP contribution in [0.15, 0.2) is 42.5 Å². The van der Waals surface area contributed by atoms with E-state index in [0.717, 1.165) is 17.3 Å². The average molecular weight is 259 g/mol. The van der Waals surface area contributed by atoms with Crippen molar-refractivity contribution >= 4 is 17.3 Å². The predicted molar refractivity (Wildman–Crippen MR) is 72.6 cm³/mol. The Balaban J connectivity index is 2.49. The van der Waals surface area contributed by atoms with Gasteiger partial charge in [-0.25, -0.2) is 9.18 Å². The number of carboxylic acids is 1. The molecule has 3 nitrogen and oxygen atoms in total. The predicted octanol–water partition coefficient (Wildman–Crippen LogP) is 3.60. The average Bonchev–Trinajstić information content (AvgIpc) is 2.38. The minimum atomic E-state index is -1.27. The van der Waals surface area contributed by atoms with Gasteiger partial charge in [0, 0.05) is 12.7 Å². The summed E-state index contributed by atoms with van der Waals surface area (Å²) in [5.74, 6) is -2.00. The molecule has 0 saturated carbocycles. The van der Waals surface area contributed by atoms with Crippen LogP contribution in [0.3, 0.4) is 0 Å². The molecule has 0 amide bonds. The molecule has 2 aromatic rings. The zero-order valence-corrected chi connectivity index (χ0v) is 10.7. The van der Waals surface area contributed by atoms with Crippen LogP contribution < -0.4 is 4.90 Å². The fourth-order valence-corrected chi connectivity index (χ4v) is 1.91. The summed E-state index contributed by atoms with van der Waals surface area (Å²) in [6.07, 6.45) is 0. The first-order valence-electron chi connectivity index (χ1n) is 5.83. The first-order valence-corrected chi connectivity index (χ1v) is 5.83. The Kier molecular flexibility index (Phi) is 3.51. The van der Waals surface area contributed by atoms with Crippen LogP contribution in [0, 0.1) is 12.7 Å². The Morgan fingerprint density at radius 1 is 1.16 bits per heavy atom. The first-order chi connectivity index (χ1) is 9.00. The lowest BCUT2D eigenvalue weighted by Crippen LogP contribution is -2.15. The molecule has 0 heterocycles. The lowest BCUT2D eigenvalue weighted by atomic mass is 10.1. The van der Waals surface area contributed by atoms with Crippen molar-refractivity contribution in [3.05, 3.63) is 59.4 Å². The van der Waals surface area contributed by atoms with Gasteiger partial charge in [-0.05, 0) is 31.2 Å². The zero-order valence-electron chi connectivity index (χ0n) is 10.7. The number of aromatic carboxylic acids is 1. The molecule has 4 heteroatoms. The number of rotatable bonds is 3. The van der Waals surface area contributed by atoms with Gasteiger partial charge < -0.3 is 10.0 Å². The standard InChI is InChI=1S/C15H14FNO2/c1-10-6-8-11(9-7-10)17(2)13-5-3-4-12(16)14(13)15(18)19/h3-9H,1-2H3,(H,18,19). The third kappa shape index (κ3) is 2.57. The Bertz CT molecular complexity index is 608. The van der Waals surface area contributed by atoms with Crippen LogP contribution >= 0.6 is 0 Å². The van der Waals surface area contributed by atoms with Gasteiger partial charge in [0.15, 0.2) is 0 Å². The highest BCUT2D eigenvalue weighted by Crippen LogP contribution is 2.28. The van der Waals surface area contributed by atoms with E-state index in [9.17, 15) is 9.18 Å². The molecule has 2 rings (SSSR count). The normalized spacial score (nSPS) is 10.3. The number of hydrogen-bond acceptors (Lipinski definition) is 2. The molecule has 0 spiro atoms. The van der Waals surface area contributed by atoms with E-state index in [2.05, 4.69) is 0 Å². The third-order valence-corrected chi connectivity index (χ3v) is 2.99. The molecule has 1 N–H and O–H groups in total. The van der Waals surface area contributed by atoms with Gasteiger partial charge in [-0.1, -0.05) is 23.8 Å². The summed E-state index contributed by atoms with van der Waals surface area (Å²) in [7, 11) is 1.71. The number of carboxylic acid groups (broad SMARTS) is 1. The molecule has 0 atom stereocenters. The summed E-state index contributed by atoms with van der Waals surface area (Å²) in [6, 6.07) is 11.8. The van der Waals surface area contributed by atoms with Crippen molar-refractivity contribution < 1.29 is 14.3 Å². The van der Waals surface area contributed by atoms with Gasteiger partial charge in [0.05, 0.1) is 5.69 Å². The number of benzene rings is 2. The van der Waals surface area contributed by atoms with Crippen LogP contribution in [0.1, 0.15) is 15.9 Å². The smallest absolute Gasteiger partial charge is 0.340 e. The maximum Gasteiger partial charge on any atom is 0.340 e. The highest BCUT2D eigenvalue weighted by molar-refractivity contribution is 5.95. The Hall–Kier alpha value is -2.36. The van der Waals surface area contributed by atoms with Crippen molar-refractivity contribution in [1.82, 2.24) is 0 Å².